The Morgan fingerprint density at radius 3 is 3.00 bits per heavy atom. The van der Waals surface area contributed by atoms with Gasteiger partial charge in [-0.15, -0.1) is 11.3 Å². The molecule has 0 aliphatic rings. The number of nitrogens with zero attached hydrogens (tertiary/aromatic N) is 2. The van der Waals surface area contributed by atoms with Gasteiger partial charge in [-0.3, -0.25) is 0 Å². The highest BCUT2D eigenvalue weighted by Crippen LogP contribution is 2.28. The summed E-state index contributed by atoms with van der Waals surface area (Å²) in [4.78, 5) is 8.40. The van der Waals surface area contributed by atoms with Crippen molar-refractivity contribution in [2.45, 2.75) is 6.92 Å². The summed E-state index contributed by atoms with van der Waals surface area (Å²) in [6.45, 7) is 1.99. The van der Waals surface area contributed by atoms with Crippen LogP contribution in [-0.4, -0.2) is 9.97 Å². The van der Waals surface area contributed by atoms with Crippen molar-refractivity contribution in [1.82, 2.24) is 9.97 Å². The van der Waals surface area contributed by atoms with Crippen LogP contribution in [0.5, 0.6) is 0 Å². The van der Waals surface area contributed by atoms with Gasteiger partial charge >= 0.3 is 0 Å². The van der Waals surface area contributed by atoms with Crippen molar-refractivity contribution in [3.8, 4) is 11.3 Å². The van der Waals surface area contributed by atoms with Crippen molar-refractivity contribution in [2.24, 2.45) is 0 Å². The molecule has 0 spiro atoms. The number of anilines is 1. The summed E-state index contributed by atoms with van der Waals surface area (Å²) in [5.41, 5.74) is 10.3. The molecule has 5 heteroatoms. The van der Waals surface area contributed by atoms with Gasteiger partial charge in [0, 0.05) is 10.9 Å². The highest BCUT2D eigenvalue weighted by atomic mass is 32.1. The topological polar surface area (TPSA) is 64.9 Å². The van der Waals surface area contributed by atoms with Gasteiger partial charge in [0.15, 0.2) is 17.1 Å². The van der Waals surface area contributed by atoms with Gasteiger partial charge < -0.3 is 10.2 Å². The lowest BCUT2D eigenvalue weighted by molar-refractivity contribution is 0.600. The highest BCUT2D eigenvalue weighted by molar-refractivity contribution is 7.13. The van der Waals surface area contributed by atoms with E-state index >= 15 is 0 Å². The van der Waals surface area contributed by atoms with Crippen LogP contribution >= 0.6 is 11.3 Å². The lowest BCUT2D eigenvalue weighted by atomic mass is 10.1. The van der Waals surface area contributed by atoms with Gasteiger partial charge in [-0.05, 0) is 24.6 Å². The fraction of sp³-hybridized carbons (Fsp3) is 0.0909. The first-order chi connectivity index (χ1) is 7.74. The number of oxazole rings is 1. The summed E-state index contributed by atoms with van der Waals surface area (Å²) < 4.78 is 5.29. The molecule has 0 aliphatic carbocycles. The van der Waals surface area contributed by atoms with Crippen LogP contribution in [-0.2, 0) is 0 Å². The lowest BCUT2D eigenvalue weighted by Gasteiger charge is -1.99. The quantitative estimate of drug-likeness (QED) is 0.699. The SMILES string of the molecule is Cc1cc(-c2csc(N)n2)cc2ncoc12. The number of fused-ring (bicyclic) bond motifs is 1. The molecule has 2 aromatic heterocycles. The molecule has 80 valence electrons. The zero-order valence-corrected chi connectivity index (χ0v) is 9.41. The Kier molecular flexibility index (Phi) is 1.94. The van der Waals surface area contributed by atoms with Crippen LogP contribution in [0.3, 0.4) is 0 Å². The minimum Gasteiger partial charge on any atom is -0.443 e. The van der Waals surface area contributed by atoms with Crippen LogP contribution in [0, 0.1) is 6.92 Å². The number of thiazole rings is 1. The standard InChI is InChI=1S/C11H9N3OS/c1-6-2-7(9-4-16-11(12)14-9)3-8-10(6)15-5-13-8/h2-5H,1H3,(H2,12,14). The Morgan fingerprint density at radius 1 is 1.38 bits per heavy atom. The maximum Gasteiger partial charge on any atom is 0.181 e. The molecular formula is C11H9N3OS. The Morgan fingerprint density at radius 2 is 2.25 bits per heavy atom. The fourth-order valence-electron chi connectivity index (χ4n) is 1.71. The molecule has 0 bridgehead atoms. The highest BCUT2D eigenvalue weighted by Gasteiger charge is 2.08. The zero-order chi connectivity index (χ0) is 11.1. The summed E-state index contributed by atoms with van der Waals surface area (Å²) in [7, 11) is 0. The Bertz CT molecular complexity index is 656. The molecule has 3 aromatic rings. The van der Waals surface area contributed by atoms with Gasteiger partial charge in [0.05, 0.1) is 5.69 Å². The smallest absolute Gasteiger partial charge is 0.181 e. The first kappa shape index (κ1) is 9.35. The molecule has 16 heavy (non-hydrogen) atoms. The maximum atomic E-state index is 5.62. The Hall–Kier alpha value is -1.88. The monoisotopic (exact) mass is 231 g/mol. The minimum absolute atomic E-state index is 0.577. The number of hydrogen-bond donors (Lipinski definition) is 1. The fourth-order valence-corrected chi connectivity index (χ4v) is 2.28. The van der Waals surface area contributed by atoms with Crippen molar-refractivity contribution in [2.75, 3.05) is 5.73 Å². The van der Waals surface area contributed by atoms with E-state index in [1.165, 1.54) is 17.7 Å². The van der Waals surface area contributed by atoms with Crippen LogP contribution in [0.2, 0.25) is 0 Å². The third kappa shape index (κ3) is 1.37. The van der Waals surface area contributed by atoms with Crippen molar-refractivity contribution in [3.05, 3.63) is 29.5 Å². The average Bonchev–Trinajstić information content (AvgIpc) is 2.85. The molecule has 0 amide bonds. The van der Waals surface area contributed by atoms with Gasteiger partial charge in [-0.25, -0.2) is 9.97 Å². The summed E-state index contributed by atoms with van der Waals surface area (Å²) in [5, 5.41) is 2.52. The van der Waals surface area contributed by atoms with Gasteiger partial charge in [0.2, 0.25) is 0 Å². The van der Waals surface area contributed by atoms with Crippen molar-refractivity contribution in [1.29, 1.82) is 0 Å². The lowest BCUT2D eigenvalue weighted by Crippen LogP contribution is -1.84. The van der Waals surface area contributed by atoms with Crippen molar-refractivity contribution < 1.29 is 4.42 Å². The predicted molar refractivity (Wildman–Crippen MR) is 64.3 cm³/mol. The third-order valence-corrected chi connectivity index (χ3v) is 3.11. The van der Waals surface area contributed by atoms with E-state index in [-0.39, 0.29) is 0 Å². The number of aromatic nitrogens is 2. The molecule has 2 heterocycles. The summed E-state index contributed by atoms with van der Waals surface area (Å²) in [6.07, 6.45) is 1.46. The van der Waals surface area contributed by atoms with Crippen LogP contribution in [0.1, 0.15) is 5.56 Å². The first-order valence-electron chi connectivity index (χ1n) is 4.79. The Balaban J connectivity index is 2.24. The predicted octanol–water partition coefficient (Wildman–Crippen LogP) is 2.84. The maximum absolute atomic E-state index is 5.62. The van der Waals surface area contributed by atoms with Crippen molar-refractivity contribution in [3.63, 3.8) is 0 Å². The molecule has 2 N–H and O–H groups in total. The molecule has 1 aromatic carbocycles. The van der Waals surface area contributed by atoms with E-state index in [4.69, 9.17) is 10.2 Å². The van der Waals surface area contributed by atoms with Gasteiger partial charge in [-0.2, -0.15) is 0 Å². The molecule has 0 saturated carbocycles. The molecule has 0 saturated heterocycles. The molecular weight excluding hydrogens is 222 g/mol. The van der Waals surface area contributed by atoms with Gasteiger partial charge in [0.1, 0.15) is 5.52 Å². The minimum atomic E-state index is 0.577. The number of benzene rings is 1. The zero-order valence-electron chi connectivity index (χ0n) is 8.60. The van der Waals surface area contributed by atoms with E-state index in [2.05, 4.69) is 9.97 Å². The number of nitrogen functional groups attached to an aromatic ring is 1. The summed E-state index contributed by atoms with van der Waals surface area (Å²) in [5.74, 6) is 0. The molecule has 0 atom stereocenters. The molecule has 3 rings (SSSR count). The van der Waals surface area contributed by atoms with E-state index in [0.29, 0.717) is 5.13 Å². The largest absolute Gasteiger partial charge is 0.443 e. The second-order valence-electron chi connectivity index (χ2n) is 3.56. The first-order valence-corrected chi connectivity index (χ1v) is 5.67. The number of aryl methyl sites for hydroxylation is 1. The number of nitrogens with two attached hydrogens (primary N) is 1. The Labute approximate surface area is 95.7 Å². The van der Waals surface area contributed by atoms with E-state index < -0.39 is 0 Å². The second-order valence-corrected chi connectivity index (χ2v) is 4.45. The normalized spacial score (nSPS) is 11.1. The van der Waals surface area contributed by atoms with E-state index in [1.54, 1.807) is 0 Å². The van der Waals surface area contributed by atoms with Crippen LogP contribution in [0.4, 0.5) is 5.13 Å². The molecule has 0 unspecified atom stereocenters. The third-order valence-electron chi connectivity index (χ3n) is 2.44. The molecule has 4 nitrogen and oxygen atoms in total. The second kappa shape index (κ2) is 3.31. The van der Waals surface area contributed by atoms with Crippen LogP contribution in [0.15, 0.2) is 28.3 Å². The van der Waals surface area contributed by atoms with Gasteiger partial charge in [-0.1, -0.05) is 0 Å². The van der Waals surface area contributed by atoms with Gasteiger partial charge in [0.25, 0.3) is 0 Å². The summed E-state index contributed by atoms with van der Waals surface area (Å²) >= 11 is 1.44. The van der Waals surface area contributed by atoms with Crippen molar-refractivity contribution >= 4 is 27.6 Å². The molecule has 0 radical (unpaired) electrons. The molecule has 0 fully saturated rings. The van der Waals surface area contributed by atoms with E-state index in [9.17, 15) is 0 Å². The summed E-state index contributed by atoms with van der Waals surface area (Å²) in [6, 6.07) is 3.99. The van der Waals surface area contributed by atoms with E-state index in [1.807, 2.05) is 24.4 Å². The van der Waals surface area contributed by atoms with Crippen LogP contribution < -0.4 is 5.73 Å². The number of hydrogen-bond acceptors (Lipinski definition) is 5. The van der Waals surface area contributed by atoms with Crippen LogP contribution in [0.25, 0.3) is 22.4 Å². The average molecular weight is 231 g/mol. The van der Waals surface area contributed by atoms with E-state index in [0.717, 1.165) is 27.9 Å². The number of rotatable bonds is 1. The molecule has 0 aliphatic heterocycles.